The van der Waals surface area contributed by atoms with Crippen molar-refractivity contribution >= 4 is 11.8 Å². The summed E-state index contributed by atoms with van der Waals surface area (Å²) in [6.07, 6.45) is 4.56. The summed E-state index contributed by atoms with van der Waals surface area (Å²) in [5.74, 6) is 0.259. The minimum Gasteiger partial charge on any atom is -0.356 e. The Kier molecular flexibility index (Phi) is 4.47. The molecule has 1 aliphatic heterocycles. The predicted molar refractivity (Wildman–Crippen MR) is 77.4 cm³/mol. The second-order valence-electron chi connectivity index (χ2n) is 5.69. The van der Waals surface area contributed by atoms with Gasteiger partial charge in [0, 0.05) is 51.5 Å². The van der Waals surface area contributed by atoms with Crippen molar-refractivity contribution in [2.24, 2.45) is 13.0 Å². The molecule has 1 fully saturated rings. The standard InChI is InChI=1S/C15H23N3O2/c1-12(2)14(19)17-6-4-7-18(10-9-17)15(20)13-5-8-16(3)11-13/h5,8,11-12H,4,6-7,9-10H2,1-3H3. The average molecular weight is 277 g/mol. The lowest BCUT2D eigenvalue weighted by Gasteiger charge is -2.23. The molecule has 2 heterocycles. The molecule has 0 radical (unpaired) electrons. The lowest BCUT2D eigenvalue weighted by Crippen LogP contribution is -2.38. The second-order valence-corrected chi connectivity index (χ2v) is 5.69. The van der Waals surface area contributed by atoms with E-state index in [-0.39, 0.29) is 17.7 Å². The van der Waals surface area contributed by atoms with Crippen molar-refractivity contribution in [1.82, 2.24) is 14.4 Å². The monoisotopic (exact) mass is 277 g/mol. The Morgan fingerprint density at radius 3 is 2.35 bits per heavy atom. The SMILES string of the molecule is CC(C)C(=O)N1CCCN(C(=O)c2ccn(C)c2)CC1. The van der Waals surface area contributed by atoms with Crippen molar-refractivity contribution in [1.29, 1.82) is 0 Å². The van der Waals surface area contributed by atoms with Gasteiger partial charge in [0.15, 0.2) is 0 Å². The van der Waals surface area contributed by atoms with Crippen molar-refractivity contribution in [3.63, 3.8) is 0 Å². The third-order valence-electron chi connectivity index (χ3n) is 3.67. The summed E-state index contributed by atoms with van der Waals surface area (Å²) in [7, 11) is 1.91. The van der Waals surface area contributed by atoms with Gasteiger partial charge in [0.2, 0.25) is 5.91 Å². The molecule has 2 amide bonds. The maximum atomic E-state index is 12.4. The van der Waals surface area contributed by atoms with Gasteiger partial charge < -0.3 is 14.4 Å². The molecule has 0 bridgehead atoms. The Hall–Kier alpha value is -1.78. The van der Waals surface area contributed by atoms with Crippen molar-refractivity contribution < 1.29 is 9.59 Å². The van der Waals surface area contributed by atoms with Gasteiger partial charge in [0.25, 0.3) is 5.91 Å². The van der Waals surface area contributed by atoms with Crippen LogP contribution in [0.25, 0.3) is 0 Å². The summed E-state index contributed by atoms with van der Waals surface area (Å²) in [4.78, 5) is 28.1. The molecule has 5 heteroatoms. The van der Waals surface area contributed by atoms with E-state index in [9.17, 15) is 9.59 Å². The van der Waals surface area contributed by atoms with E-state index in [4.69, 9.17) is 0 Å². The highest BCUT2D eigenvalue weighted by Gasteiger charge is 2.24. The number of rotatable bonds is 2. The van der Waals surface area contributed by atoms with E-state index in [1.165, 1.54) is 0 Å². The van der Waals surface area contributed by atoms with Gasteiger partial charge in [-0.05, 0) is 12.5 Å². The summed E-state index contributed by atoms with van der Waals surface area (Å²) in [6.45, 7) is 6.55. The topological polar surface area (TPSA) is 45.6 Å². The first-order valence-corrected chi connectivity index (χ1v) is 7.19. The van der Waals surface area contributed by atoms with Crippen LogP contribution in [-0.4, -0.2) is 52.4 Å². The minimum absolute atomic E-state index is 0.0198. The van der Waals surface area contributed by atoms with Gasteiger partial charge in [-0.25, -0.2) is 0 Å². The molecular weight excluding hydrogens is 254 g/mol. The van der Waals surface area contributed by atoms with Crippen molar-refractivity contribution in [2.45, 2.75) is 20.3 Å². The number of hydrogen-bond acceptors (Lipinski definition) is 2. The highest BCUT2D eigenvalue weighted by Crippen LogP contribution is 2.11. The van der Waals surface area contributed by atoms with E-state index < -0.39 is 0 Å². The smallest absolute Gasteiger partial charge is 0.255 e. The Balaban J connectivity index is 1.99. The molecule has 0 spiro atoms. The fraction of sp³-hybridized carbons (Fsp3) is 0.600. The Morgan fingerprint density at radius 1 is 1.10 bits per heavy atom. The van der Waals surface area contributed by atoms with Crippen LogP contribution in [0.1, 0.15) is 30.6 Å². The van der Waals surface area contributed by atoms with Crippen LogP contribution in [0.15, 0.2) is 18.5 Å². The summed E-state index contributed by atoms with van der Waals surface area (Å²) >= 11 is 0. The molecule has 0 atom stereocenters. The van der Waals surface area contributed by atoms with Gasteiger partial charge in [-0.1, -0.05) is 13.8 Å². The first kappa shape index (κ1) is 14.6. The molecule has 0 saturated carbocycles. The second kappa shape index (κ2) is 6.11. The molecule has 0 N–H and O–H groups in total. The van der Waals surface area contributed by atoms with Gasteiger partial charge >= 0.3 is 0 Å². The zero-order chi connectivity index (χ0) is 14.7. The normalized spacial score (nSPS) is 16.4. The zero-order valence-electron chi connectivity index (χ0n) is 12.5. The molecule has 1 saturated heterocycles. The maximum Gasteiger partial charge on any atom is 0.255 e. The molecule has 0 aromatic carbocycles. The van der Waals surface area contributed by atoms with Crippen molar-refractivity contribution in [3.8, 4) is 0 Å². The Bertz CT molecular complexity index is 493. The highest BCUT2D eigenvalue weighted by atomic mass is 16.2. The van der Waals surface area contributed by atoms with Crippen molar-refractivity contribution in [3.05, 3.63) is 24.0 Å². The van der Waals surface area contributed by atoms with Crippen LogP contribution < -0.4 is 0 Å². The summed E-state index contributed by atoms with van der Waals surface area (Å²) in [5, 5.41) is 0. The number of aromatic nitrogens is 1. The number of amides is 2. The maximum absolute atomic E-state index is 12.4. The van der Waals surface area contributed by atoms with E-state index in [2.05, 4.69) is 0 Å². The van der Waals surface area contributed by atoms with Gasteiger partial charge in [-0.2, -0.15) is 0 Å². The predicted octanol–water partition coefficient (Wildman–Crippen LogP) is 1.36. The van der Waals surface area contributed by atoms with E-state index in [1.807, 2.05) is 53.7 Å². The summed E-state index contributed by atoms with van der Waals surface area (Å²) in [5.41, 5.74) is 0.719. The molecule has 1 aromatic rings. The number of aryl methyl sites for hydroxylation is 1. The zero-order valence-corrected chi connectivity index (χ0v) is 12.5. The van der Waals surface area contributed by atoms with E-state index in [0.717, 1.165) is 25.1 Å². The van der Waals surface area contributed by atoms with Gasteiger partial charge in [-0.15, -0.1) is 0 Å². The quantitative estimate of drug-likeness (QED) is 0.819. The fourth-order valence-electron chi connectivity index (χ4n) is 2.52. The highest BCUT2D eigenvalue weighted by molar-refractivity contribution is 5.94. The molecule has 110 valence electrons. The third-order valence-corrected chi connectivity index (χ3v) is 3.67. The number of carbonyl (C=O) groups is 2. The number of nitrogens with zero attached hydrogens (tertiary/aromatic N) is 3. The first-order valence-electron chi connectivity index (χ1n) is 7.19. The molecule has 2 rings (SSSR count). The van der Waals surface area contributed by atoms with Crippen molar-refractivity contribution in [2.75, 3.05) is 26.2 Å². The van der Waals surface area contributed by atoms with E-state index in [0.29, 0.717) is 13.1 Å². The minimum atomic E-state index is 0.0198. The first-order chi connectivity index (χ1) is 9.49. The lowest BCUT2D eigenvalue weighted by molar-refractivity contribution is -0.134. The van der Waals surface area contributed by atoms with E-state index in [1.54, 1.807) is 0 Å². The number of carbonyl (C=O) groups excluding carboxylic acids is 2. The molecule has 20 heavy (non-hydrogen) atoms. The Morgan fingerprint density at radius 2 is 1.75 bits per heavy atom. The van der Waals surface area contributed by atoms with Crippen LogP contribution in [0.5, 0.6) is 0 Å². The molecule has 1 aliphatic rings. The van der Waals surface area contributed by atoms with Crippen LogP contribution in [0, 0.1) is 5.92 Å². The van der Waals surface area contributed by atoms with Gasteiger partial charge in [0.1, 0.15) is 0 Å². The lowest BCUT2D eigenvalue weighted by atomic mass is 10.2. The molecule has 0 aliphatic carbocycles. The van der Waals surface area contributed by atoms with Crippen LogP contribution >= 0.6 is 0 Å². The fourth-order valence-corrected chi connectivity index (χ4v) is 2.52. The summed E-state index contributed by atoms with van der Waals surface area (Å²) in [6, 6.07) is 1.84. The summed E-state index contributed by atoms with van der Waals surface area (Å²) < 4.78 is 1.87. The van der Waals surface area contributed by atoms with E-state index >= 15 is 0 Å². The van der Waals surface area contributed by atoms with Gasteiger partial charge in [0.05, 0.1) is 5.56 Å². The van der Waals surface area contributed by atoms with Crippen LogP contribution in [0.2, 0.25) is 0 Å². The van der Waals surface area contributed by atoms with Gasteiger partial charge in [-0.3, -0.25) is 9.59 Å². The molecule has 1 aromatic heterocycles. The molecule has 5 nitrogen and oxygen atoms in total. The van der Waals surface area contributed by atoms with Crippen LogP contribution in [-0.2, 0) is 11.8 Å². The largest absolute Gasteiger partial charge is 0.356 e. The number of hydrogen-bond donors (Lipinski definition) is 0. The molecular formula is C15H23N3O2. The Labute approximate surface area is 120 Å². The van der Waals surface area contributed by atoms with Crippen LogP contribution in [0.4, 0.5) is 0 Å². The third kappa shape index (κ3) is 3.21. The molecule has 0 unspecified atom stereocenters. The average Bonchev–Trinajstić information content (AvgIpc) is 2.71. The van der Waals surface area contributed by atoms with Crippen LogP contribution in [0.3, 0.4) is 0 Å².